The van der Waals surface area contributed by atoms with Crippen LogP contribution in [0.3, 0.4) is 0 Å². The Labute approximate surface area is 120 Å². The standard InChI is InChI=1S/C18H23NO/c1-2-13-5-3-7-15(11-13)18(20)16-8-4-6-14-9-10-19-12-17(14)16/h4,6,8-10,12-13,15,18,20H,2-3,5,7,11H2,1H3. The van der Waals surface area contributed by atoms with Crippen molar-refractivity contribution in [3.63, 3.8) is 0 Å². The number of hydrogen-bond acceptors (Lipinski definition) is 2. The van der Waals surface area contributed by atoms with Crippen LogP contribution in [0.25, 0.3) is 10.8 Å². The van der Waals surface area contributed by atoms with Crippen molar-refractivity contribution in [3.8, 4) is 0 Å². The van der Waals surface area contributed by atoms with Gasteiger partial charge < -0.3 is 5.11 Å². The molecule has 2 nitrogen and oxygen atoms in total. The van der Waals surface area contributed by atoms with E-state index in [-0.39, 0.29) is 6.10 Å². The Balaban J connectivity index is 1.90. The highest BCUT2D eigenvalue weighted by Gasteiger charge is 2.28. The Hall–Kier alpha value is -1.41. The summed E-state index contributed by atoms with van der Waals surface area (Å²) in [4.78, 5) is 4.22. The molecule has 2 aromatic rings. The van der Waals surface area contributed by atoms with E-state index in [4.69, 9.17) is 0 Å². The van der Waals surface area contributed by atoms with Crippen molar-refractivity contribution in [1.82, 2.24) is 4.98 Å². The average Bonchev–Trinajstić information content (AvgIpc) is 2.53. The number of nitrogens with zero attached hydrogens (tertiary/aromatic N) is 1. The van der Waals surface area contributed by atoms with Crippen LogP contribution in [-0.4, -0.2) is 10.1 Å². The van der Waals surface area contributed by atoms with Crippen molar-refractivity contribution in [1.29, 1.82) is 0 Å². The fourth-order valence-electron chi connectivity index (χ4n) is 3.64. The van der Waals surface area contributed by atoms with Gasteiger partial charge in [-0.1, -0.05) is 44.4 Å². The molecule has 3 unspecified atom stereocenters. The van der Waals surface area contributed by atoms with Crippen molar-refractivity contribution < 1.29 is 5.11 Å². The summed E-state index contributed by atoms with van der Waals surface area (Å²) in [7, 11) is 0. The zero-order chi connectivity index (χ0) is 13.9. The quantitative estimate of drug-likeness (QED) is 0.891. The molecular weight excluding hydrogens is 246 g/mol. The average molecular weight is 269 g/mol. The number of pyridine rings is 1. The van der Waals surface area contributed by atoms with Crippen LogP contribution in [0.4, 0.5) is 0 Å². The van der Waals surface area contributed by atoms with Crippen LogP contribution in [0.5, 0.6) is 0 Å². The van der Waals surface area contributed by atoms with Crippen molar-refractivity contribution in [3.05, 3.63) is 42.2 Å². The molecule has 0 aliphatic heterocycles. The van der Waals surface area contributed by atoms with E-state index in [1.807, 2.05) is 24.5 Å². The van der Waals surface area contributed by atoms with E-state index in [2.05, 4.69) is 24.0 Å². The summed E-state index contributed by atoms with van der Waals surface area (Å²) < 4.78 is 0. The van der Waals surface area contributed by atoms with Crippen LogP contribution in [-0.2, 0) is 0 Å². The van der Waals surface area contributed by atoms with Crippen molar-refractivity contribution in [2.75, 3.05) is 0 Å². The SMILES string of the molecule is CCC1CCCC(C(O)c2cccc3ccncc23)C1. The van der Waals surface area contributed by atoms with Crippen molar-refractivity contribution in [2.45, 2.75) is 45.1 Å². The molecule has 1 saturated carbocycles. The maximum atomic E-state index is 10.8. The van der Waals surface area contributed by atoms with Gasteiger partial charge in [0.2, 0.25) is 0 Å². The third-order valence-electron chi connectivity index (χ3n) is 4.88. The molecule has 20 heavy (non-hydrogen) atoms. The largest absolute Gasteiger partial charge is 0.388 e. The Morgan fingerprint density at radius 2 is 2.20 bits per heavy atom. The lowest BCUT2D eigenvalue weighted by Gasteiger charge is -2.32. The zero-order valence-corrected chi connectivity index (χ0v) is 12.1. The lowest BCUT2D eigenvalue weighted by molar-refractivity contribution is 0.0689. The minimum absolute atomic E-state index is 0.350. The first-order valence-electron chi connectivity index (χ1n) is 7.80. The van der Waals surface area contributed by atoms with Crippen LogP contribution in [0, 0.1) is 11.8 Å². The van der Waals surface area contributed by atoms with E-state index < -0.39 is 0 Å². The van der Waals surface area contributed by atoms with Gasteiger partial charge in [0.05, 0.1) is 6.10 Å². The molecule has 2 heteroatoms. The molecular formula is C18H23NO. The monoisotopic (exact) mass is 269 g/mol. The predicted octanol–water partition coefficient (Wildman–Crippen LogP) is 4.48. The molecule has 1 fully saturated rings. The van der Waals surface area contributed by atoms with Gasteiger partial charge in [0, 0.05) is 17.8 Å². The summed E-state index contributed by atoms with van der Waals surface area (Å²) in [6.45, 7) is 2.27. The molecule has 0 amide bonds. The molecule has 106 valence electrons. The molecule has 1 aliphatic rings. The number of fused-ring (bicyclic) bond motifs is 1. The fraction of sp³-hybridized carbons (Fsp3) is 0.500. The number of aromatic nitrogens is 1. The lowest BCUT2D eigenvalue weighted by atomic mass is 9.76. The van der Waals surface area contributed by atoms with Gasteiger partial charge in [0.25, 0.3) is 0 Å². The minimum atomic E-state index is -0.350. The van der Waals surface area contributed by atoms with Crippen molar-refractivity contribution >= 4 is 10.8 Å². The Bertz CT molecular complexity index is 575. The summed E-state index contributed by atoms with van der Waals surface area (Å²) >= 11 is 0. The molecule has 1 aliphatic carbocycles. The molecule has 0 spiro atoms. The van der Waals surface area contributed by atoms with Gasteiger partial charge in [-0.15, -0.1) is 0 Å². The zero-order valence-electron chi connectivity index (χ0n) is 12.1. The highest BCUT2D eigenvalue weighted by atomic mass is 16.3. The smallest absolute Gasteiger partial charge is 0.0824 e. The molecule has 1 aromatic carbocycles. The fourth-order valence-corrected chi connectivity index (χ4v) is 3.64. The summed E-state index contributed by atoms with van der Waals surface area (Å²) in [6.07, 6.45) is 9.47. The van der Waals surface area contributed by atoms with Crippen LogP contribution in [0.15, 0.2) is 36.7 Å². The van der Waals surface area contributed by atoms with Crippen molar-refractivity contribution in [2.24, 2.45) is 11.8 Å². The first kappa shape index (κ1) is 13.6. The summed E-state index contributed by atoms with van der Waals surface area (Å²) in [6, 6.07) is 8.20. The van der Waals surface area contributed by atoms with Gasteiger partial charge in [-0.25, -0.2) is 0 Å². The van der Waals surface area contributed by atoms with E-state index in [9.17, 15) is 5.11 Å². The second kappa shape index (κ2) is 5.92. The number of benzene rings is 1. The molecule has 3 rings (SSSR count). The molecule has 3 atom stereocenters. The van der Waals surface area contributed by atoms with E-state index >= 15 is 0 Å². The van der Waals surface area contributed by atoms with Crippen LogP contribution < -0.4 is 0 Å². The van der Waals surface area contributed by atoms with Crippen LogP contribution in [0.2, 0.25) is 0 Å². The third-order valence-corrected chi connectivity index (χ3v) is 4.88. The minimum Gasteiger partial charge on any atom is -0.388 e. The van der Waals surface area contributed by atoms with E-state index in [1.165, 1.54) is 24.6 Å². The second-order valence-electron chi connectivity index (χ2n) is 6.09. The van der Waals surface area contributed by atoms with E-state index in [1.54, 1.807) is 0 Å². The molecule has 0 saturated heterocycles. The predicted molar refractivity (Wildman–Crippen MR) is 82.4 cm³/mol. The maximum Gasteiger partial charge on any atom is 0.0824 e. The van der Waals surface area contributed by atoms with Gasteiger partial charge in [-0.2, -0.15) is 0 Å². The Morgan fingerprint density at radius 1 is 1.30 bits per heavy atom. The Morgan fingerprint density at radius 3 is 3.05 bits per heavy atom. The van der Waals surface area contributed by atoms with Gasteiger partial charge in [-0.3, -0.25) is 4.98 Å². The third kappa shape index (κ3) is 2.57. The summed E-state index contributed by atoms with van der Waals surface area (Å²) in [5.74, 6) is 1.19. The van der Waals surface area contributed by atoms with E-state index in [0.29, 0.717) is 5.92 Å². The molecule has 0 bridgehead atoms. The molecule has 1 heterocycles. The van der Waals surface area contributed by atoms with Gasteiger partial charge in [0.15, 0.2) is 0 Å². The van der Waals surface area contributed by atoms with Gasteiger partial charge in [0.1, 0.15) is 0 Å². The first-order chi connectivity index (χ1) is 9.79. The first-order valence-corrected chi connectivity index (χ1v) is 7.80. The van der Waals surface area contributed by atoms with E-state index in [0.717, 1.165) is 29.7 Å². The summed E-state index contributed by atoms with van der Waals surface area (Å²) in [5.41, 5.74) is 1.05. The van der Waals surface area contributed by atoms with Gasteiger partial charge in [-0.05, 0) is 41.7 Å². The van der Waals surface area contributed by atoms with Crippen LogP contribution in [0.1, 0.15) is 50.7 Å². The van der Waals surface area contributed by atoms with Gasteiger partial charge >= 0.3 is 0 Å². The highest BCUT2D eigenvalue weighted by Crippen LogP contribution is 2.39. The topological polar surface area (TPSA) is 33.1 Å². The number of aliphatic hydroxyl groups is 1. The summed E-state index contributed by atoms with van der Waals surface area (Å²) in [5, 5.41) is 13.1. The Kier molecular flexibility index (Phi) is 4.02. The van der Waals surface area contributed by atoms with Crippen LogP contribution >= 0.6 is 0 Å². The maximum absolute atomic E-state index is 10.8. The molecule has 1 aromatic heterocycles. The normalized spacial score (nSPS) is 24.7. The number of hydrogen-bond donors (Lipinski definition) is 1. The number of aliphatic hydroxyl groups excluding tert-OH is 1. The molecule has 1 N–H and O–H groups in total. The highest BCUT2D eigenvalue weighted by molar-refractivity contribution is 5.85. The second-order valence-corrected chi connectivity index (χ2v) is 6.09. The molecule has 0 radical (unpaired) electrons. The lowest BCUT2D eigenvalue weighted by Crippen LogP contribution is -2.21. The number of rotatable bonds is 3.